The summed E-state index contributed by atoms with van der Waals surface area (Å²) in [6.45, 7) is 14.0. The number of piperidine rings is 1. The zero-order valence-corrected chi connectivity index (χ0v) is 28.8. The molecule has 3 aromatic rings. The van der Waals surface area contributed by atoms with Crippen molar-refractivity contribution < 1.29 is 17.5 Å². The van der Waals surface area contributed by atoms with Crippen LogP contribution in [0.3, 0.4) is 0 Å². The van der Waals surface area contributed by atoms with Crippen LogP contribution in [0.1, 0.15) is 63.6 Å². The Morgan fingerprint density at radius 1 is 0.889 bits per heavy atom. The van der Waals surface area contributed by atoms with E-state index < -0.39 is 15.8 Å². The van der Waals surface area contributed by atoms with Crippen LogP contribution in [-0.2, 0) is 33.1 Å². The highest BCUT2D eigenvalue weighted by molar-refractivity contribution is 7.92. The first-order valence-electron chi connectivity index (χ1n) is 16.2. The maximum absolute atomic E-state index is 15.6. The van der Waals surface area contributed by atoms with Crippen LogP contribution in [0.15, 0.2) is 71.6 Å². The summed E-state index contributed by atoms with van der Waals surface area (Å²) in [5.41, 5.74) is 4.55. The maximum Gasteiger partial charge on any atom is 0.264 e. The molecule has 9 heteroatoms. The molecule has 45 heavy (non-hydrogen) atoms. The van der Waals surface area contributed by atoms with E-state index in [1.165, 1.54) is 21.5 Å². The van der Waals surface area contributed by atoms with Crippen molar-refractivity contribution in [1.29, 1.82) is 0 Å². The Hall–Kier alpha value is -2.65. The van der Waals surface area contributed by atoms with Crippen molar-refractivity contribution in [2.45, 2.75) is 70.2 Å². The van der Waals surface area contributed by atoms with Crippen molar-refractivity contribution >= 4 is 33.8 Å². The van der Waals surface area contributed by atoms with Gasteiger partial charge in [-0.15, -0.1) is 12.4 Å². The van der Waals surface area contributed by atoms with Gasteiger partial charge in [0.05, 0.1) is 29.5 Å². The lowest BCUT2D eigenvalue weighted by atomic mass is 9.82. The molecule has 0 aliphatic carbocycles. The zero-order chi connectivity index (χ0) is 31.3. The third-order valence-corrected chi connectivity index (χ3v) is 11.5. The fourth-order valence-electron chi connectivity index (χ4n) is 6.16. The highest BCUT2D eigenvalue weighted by Crippen LogP contribution is 2.33. The fraction of sp³-hybridized carbons (Fsp3) is 0.500. The Labute approximate surface area is 276 Å². The average molecular weight is 658 g/mol. The number of rotatable bonds is 11. The summed E-state index contributed by atoms with van der Waals surface area (Å²) >= 11 is 0. The minimum atomic E-state index is -3.93. The lowest BCUT2D eigenvalue weighted by molar-refractivity contribution is 0.122. The van der Waals surface area contributed by atoms with Crippen LogP contribution >= 0.6 is 12.4 Å². The van der Waals surface area contributed by atoms with Gasteiger partial charge in [0, 0.05) is 32.2 Å². The van der Waals surface area contributed by atoms with E-state index in [9.17, 15) is 8.42 Å². The molecule has 0 saturated carbocycles. The summed E-state index contributed by atoms with van der Waals surface area (Å²) in [5, 5.41) is 0. The first-order chi connectivity index (χ1) is 21.1. The monoisotopic (exact) mass is 657 g/mol. The van der Waals surface area contributed by atoms with Crippen molar-refractivity contribution in [2.24, 2.45) is 5.92 Å². The van der Waals surface area contributed by atoms with E-state index in [4.69, 9.17) is 4.74 Å². The second-order valence-corrected chi connectivity index (χ2v) is 14.8. The van der Waals surface area contributed by atoms with Crippen molar-refractivity contribution in [3.8, 4) is 0 Å². The molecule has 3 aromatic carbocycles. The van der Waals surface area contributed by atoms with E-state index in [1.807, 2.05) is 17.0 Å². The van der Waals surface area contributed by atoms with Gasteiger partial charge in [-0.2, -0.15) is 0 Å². The second kappa shape index (κ2) is 15.3. The van der Waals surface area contributed by atoms with E-state index in [0.717, 1.165) is 50.9 Å². The number of sulfonamides is 1. The van der Waals surface area contributed by atoms with Gasteiger partial charge in [0.15, 0.2) is 0 Å². The largest absolute Gasteiger partial charge is 0.378 e. The van der Waals surface area contributed by atoms with Gasteiger partial charge >= 0.3 is 0 Å². The quantitative estimate of drug-likeness (QED) is 0.215. The molecule has 2 saturated heterocycles. The lowest BCUT2D eigenvalue weighted by Crippen LogP contribution is -2.41. The number of morpholine rings is 1. The lowest BCUT2D eigenvalue weighted by Gasteiger charge is -2.35. The van der Waals surface area contributed by atoms with Gasteiger partial charge < -0.3 is 9.64 Å². The van der Waals surface area contributed by atoms with Crippen LogP contribution in [0.2, 0.25) is 0 Å². The molecule has 2 aliphatic heterocycles. The van der Waals surface area contributed by atoms with Crippen molar-refractivity contribution in [1.82, 2.24) is 4.90 Å². The molecule has 0 atom stereocenters. The summed E-state index contributed by atoms with van der Waals surface area (Å²) in [4.78, 5) is 4.64. The van der Waals surface area contributed by atoms with Crippen LogP contribution < -0.4 is 9.21 Å². The Bertz CT molecular complexity index is 1480. The normalized spacial score (nSPS) is 16.8. The topological polar surface area (TPSA) is 53.1 Å². The van der Waals surface area contributed by atoms with E-state index in [0.29, 0.717) is 44.2 Å². The molecule has 0 amide bonds. The SMILES string of the molecule is CCc1ccc(CN2CCC(CN(c3ccc(N4CCOCC4)c(F)c3)S(=O)(=O)c3ccc(C(C)(C)CC)cc3)CC2)cc1.Cl. The molecule has 0 radical (unpaired) electrons. The number of hydrogen-bond donors (Lipinski definition) is 0. The number of benzene rings is 3. The Kier molecular flexibility index (Phi) is 12.0. The van der Waals surface area contributed by atoms with Crippen molar-refractivity contribution in [3.63, 3.8) is 0 Å². The molecule has 0 unspecified atom stereocenters. The van der Waals surface area contributed by atoms with Crippen LogP contribution in [0, 0.1) is 11.7 Å². The minimum Gasteiger partial charge on any atom is -0.378 e. The maximum atomic E-state index is 15.6. The van der Waals surface area contributed by atoms with Crippen LogP contribution in [-0.4, -0.2) is 59.3 Å². The van der Waals surface area contributed by atoms with E-state index in [1.54, 1.807) is 24.3 Å². The zero-order valence-electron chi connectivity index (χ0n) is 27.2. The summed E-state index contributed by atoms with van der Waals surface area (Å²) in [5.74, 6) is -0.239. The molecule has 2 aliphatic rings. The summed E-state index contributed by atoms with van der Waals surface area (Å²) < 4.78 is 51.0. The summed E-state index contributed by atoms with van der Waals surface area (Å²) in [7, 11) is -3.93. The summed E-state index contributed by atoms with van der Waals surface area (Å²) in [6, 6.07) is 20.9. The number of likely N-dealkylation sites (tertiary alicyclic amines) is 1. The molecule has 2 heterocycles. The number of halogens is 2. The highest BCUT2D eigenvalue weighted by atomic mass is 35.5. The molecule has 0 N–H and O–H groups in total. The van der Waals surface area contributed by atoms with Crippen LogP contribution in [0.25, 0.3) is 0 Å². The first kappa shape index (κ1) is 35.2. The molecule has 5 rings (SSSR count). The number of anilines is 2. The van der Waals surface area contributed by atoms with Gasteiger partial charge in [-0.25, -0.2) is 12.8 Å². The smallest absolute Gasteiger partial charge is 0.264 e. The Balaban J connectivity index is 0.00000461. The minimum absolute atomic E-state index is 0. The van der Waals surface area contributed by atoms with E-state index in [-0.39, 0.29) is 28.6 Å². The predicted octanol–water partition coefficient (Wildman–Crippen LogP) is 7.44. The van der Waals surface area contributed by atoms with Gasteiger partial charge in [-0.3, -0.25) is 9.21 Å². The van der Waals surface area contributed by atoms with Gasteiger partial charge in [0.1, 0.15) is 5.82 Å². The third-order valence-electron chi connectivity index (χ3n) is 9.65. The number of aryl methyl sites for hydroxylation is 1. The van der Waals surface area contributed by atoms with Gasteiger partial charge in [-0.05, 0) is 91.1 Å². The number of nitrogens with zero attached hydrogens (tertiary/aromatic N) is 3. The van der Waals surface area contributed by atoms with Crippen LogP contribution in [0.5, 0.6) is 0 Å². The molecule has 6 nitrogen and oxygen atoms in total. The van der Waals surface area contributed by atoms with Gasteiger partial charge in [0.2, 0.25) is 0 Å². The molecule has 2 fully saturated rings. The predicted molar refractivity (Wildman–Crippen MR) is 185 cm³/mol. The van der Waals surface area contributed by atoms with Gasteiger partial charge in [0.25, 0.3) is 10.0 Å². The van der Waals surface area contributed by atoms with E-state index >= 15 is 4.39 Å². The van der Waals surface area contributed by atoms with Crippen molar-refractivity contribution in [2.75, 3.05) is 55.1 Å². The molecule has 0 bridgehead atoms. The third kappa shape index (κ3) is 8.39. The Morgan fingerprint density at radius 3 is 2.09 bits per heavy atom. The molecular formula is C36H49ClFN3O3S. The molecule has 246 valence electrons. The molecular weight excluding hydrogens is 609 g/mol. The van der Waals surface area contributed by atoms with Crippen molar-refractivity contribution in [3.05, 3.63) is 89.2 Å². The second-order valence-electron chi connectivity index (χ2n) is 12.9. The molecule has 0 aromatic heterocycles. The summed E-state index contributed by atoms with van der Waals surface area (Å²) in [6.07, 6.45) is 3.75. The fourth-order valence-corrected chi connectivity index (χ4v) is 7.70. The Morgan fingerprint density at radius 2 is 1.51 bits per heavy atom. The van der Waals surface area contributed by atoms with E-state index in [2.05, 4.69) is 56.9 Å². The van der Waals surface area contributed by atoms with Gasteiger partial charge in [-0.1, -0.05) is 64.1 Å². The first-order valence-corrected chi connectivity index (χ1v) is 17.6. The average Bonchev–Trinajstić information content (AvgIpc) is 3.05. The number of ether oxygens (including phenoxy) is 1. The van der Waals surface area contributed by atoms with Crippen LogP contribution in [0.4, 0.5) is 15.8 Å². The highest BCUT2D eigenvalue weighted by Gasteiger charge is 2.31. The molecule has 0 spiro atoms. The standard InChI is InChI=1S/C36H48FN3O3S.ClH/c1-5-28-7-9-29(10-8-28)26-38-19-17-30(18-20-38)27-40(32-13-16-35(34(37)25-32)39-21-23-43-24-22-39)44(41,42)33-14-11-31(12-15-33)36(3,4)6-2;/h7-16,25,30H,5-6,17-24,26-27H2,1-4H3;1H. The number of hydrogen-bond acceptors (Lipinski definition) is 5.